The number of carboxylic acids is 1. The van der Waals surface area contributed by atoms with Crippen molar-refractivity contribution in [3.63, 3.8) is 0 Å². The fourth-order valence-corrected chi connectivity index (χ4v) is 2.35. The molecule has 0 radical (unpaired) electrons. The first kappa shape index (κ1) is 16.1. The molecule has 1 aromatic heterocycles. The standard InChI is InChI=1S/C17H21NO4/c1-11-12(2)16(6-4-14(11)5-7-17(19)20)21-9-8-15-13(3)22-10-18-15/h4,6,10H,5,7-9H2,1-3H3,(H,19,20). The van der Waals surface area contributed by atoms with Crippen molar-refractivity contribution in [1.82, 2.24) is 4.98 Å². The van der Waals surface area contributed by atoms with Gasteiger partial charge in [0.2, 0.25) is 0 Å². The summed E-state index contributed by atoms with van der Waals surface area (Å²) in [5, 5.41) is 8.78. The van der Waals surface area contributed by atoms with Crippen molar-refractivity contribution >= 4 is 5.97 Å². The molecule has 1 N–H and O–H groups in total. The van der Waals surface area contributed by atoms with Crippen LogP contribution in [0.4, 0.5) is 0 Å². The molecular formula is C17H21NO4. The van der Waals surface area contributed by atoms with Crippen molar-refractivity contribution in [2.75, 3.05) is 6.61 Å². The smallest absolute Gasteiger partial charge is 0.303 e. The van der Waals surface area contributed by atoms with Gasteiger partial charge in [0.05, 0.1) is 12.3 Å². The molecule has 0 aliphatic heterocycles. The maximum Gasteiger partial charge on any atom is 0.303 e. The zero-order valence-electron chi connectivity index (χ0n) is 13.2. The van der Waals surface area contributed by atoms with Gasteiger partial charge in [-0.05, 0) is 49.9 Å². The summed E-state index contributed by atoms with van der Waals surface area (Å²) in [7, 11) is 0. The Hall–Kier alpha value is -2.30. The zero-order valence-corrected chi connectivity index (χ0v) is 13.2. The lowest BCUT2D eigenvalue weighted by molar-refractivity contribution is -0.136. The van der Waals surface area contributed by atoms with E-state index in [0.29, 0.717) is 19.4 Å². The number of aromatic nitrogens is 1. The lowest BCUT2D eigenvalue weighted by Gasteiger charge is -2.14. The molecule has 2 aromatic rings. The van der Waals surface area contributed by atoms with Gasteiger partial charge in [-0.3, -0.25) is 4.79 Å². The van der Waals surface area contributed by atoms with Gasteiger partial charge in [-0.25, -0.2) is 4.98 Å². The van der Waals surface area contributed by atoms with Crippen LogP contribution in [0.2, 0.25) is 0 Å². The molecule has 1 aromatic carbocycles. The van der Waals surface area contributed by atoms with Crippen LogP contribution >= 0.6 is 0 Å². The van der Waals surface area contributed by atoms with Crippen molar-refractivity contribution in [2.24, 2.45) is 0 Å². The van der Waals surface area contributed by atoms with Crippen molar-refractivity contribution < 1.29 is 19.1 Å². The topological polar surface area (TPSA) is 72.6 Å². The molecular weight excluding hydrogens is 282 g/mol. The predicted molar refractivity (Wildman–Crippen MR) is 82.3 cm³/mol. The number of aliphatic carboxylic acids is 1. The molecule has 0 spiro atoms. The number of carboxylic acid groups (broad SMARTS) is 1. The van der Waals surface area contributed by atoms with Gasteiger partial charge in [-0.2, -0.15) is 0 Å². The molecule has 0 aliphatic rings. The van der Waals surface area contributed by atoms with Crippen molar-refractivity contribution in [3.8, 4) is 5.75 Å². The van der Waals surface area contributed by atoms with E-state index in [4.69, 9.17) is 14.3 Å². The first-order chi connectivity index (χ1) is 10.5. The number of ether oxygens (including phenoxy) is 1. The number of benzene rings is 1. The van der Waals surface area contributed by atoms with Crippen molar-refractivity contribution in [3.05, 3.63) is 46.7 Å². The molecule has 2 rings (SSSR count). The molecule has 0 saturated carbocycles. The third kappa shape index (κ3) is 3.87. The third-order valence-corrected chi connectivity index (χ3v) is 3.90. The molecule has 5 nitrogen and oxygen atoms in total. The zero-order chi connectivity index (χ0) is 16.1. The summed E-state index contributed by atoms with van der Waals surface area (Å²) in [6.07, 6.45) is 2.82. The van der Waals surface area contributed by atoms with E-state index < -0.39 is 5.97 Å². The summed E-state index contributed by atoms with van der Waals surface area (Å²) < 4.78 is 11.0. The minimum atomic E-state index is -0.777. The summed E-state index contributed by atoms with van der Waals surface area (Å²) in [6.45, 7) is 6.41. The molecule has 0 unspecified atom stereocenters. The Bertz CT molecular complexity index is 661. The minimum Gasteiger partial charge on any atom is -0.493 e. The summed E-state index contributed by atoms with van der Waals surface area (Å²) >= 11 is 0. The molecule has 118 valence electrons. The molecule has 0 aliphatic carbocycles. The van der Waals surface area contributed by atoms with Crippen LogP contribution in [-0.2, 0) is 17.6 Å². The molecule has 22 heavy (non-hydrogen) atoms. The Kier molecular flexibility index (Phi) is 5.20. The Labute approximate surface area is 129 Å². The number of rotatable bonds is 7. The van der Waals surface area contributed by atoms with Gasteiger partial charge in [-0.1, -0.05) is 6.07 Å². The largest absolute Gasteiger partial charge is 0.493 e. The van der Waals surface area contributed by atoms with E-state index in [0.717, 1.165) is 33.9 Å². The molecule has 0 atom stereocenters. The SMILES string of the molecule is Cc1ocnc1CCOc1ccc(CCC(=O)O)c(C)c1C. The highest BCUT2D eigenvalue weighted by atomic mass is 16.5. The van der Waals surface area contributed by atoms with E-state index in [1.165, 1.54) is 6.39 Å². The fraction of sp³-hybridized carbons (Fsp3) is 0.412. The number of oxazole rings is 1. The van der Waals surface area contributed by atoms with Crippen molar-refractivity contribution in [2.45, 2.75) is 40.0 Å². The Morgan fingerprint density at radius 1 is 1.23 bits per heavy atom. The average Bonchev–Trinajstić information content (AvgIpc) is 2.88. The number of hydrogen-bond acceptors (Lipinski definition) is 4. The monoisotopic (exact) mass is 303 g/mol. The number of nitrogens with zero attached hydrogens (tertiary/aromatic N) is 1. The Morgan fingerprint density at radius 2 is 2.00 bits per heavy atom. The molecule has 1 heterocycles. The van der Waals surface area contributed by atoms with E-state index in [1.807, 2.05) is 32.9 Å². The second kappa shape index (κ2) is 7.11. The van der Waals surface area contributed by atoms with Gasteiger partial charge in [-0.15, -0.1) is 0 Å². The minimum absolute atomic E-state index is 0.145. The molecule has 0 saturated heterocycles. The molecule has 0 amide bonds. The van der Waals surface area contributed by atoms with Crippen LogP contribution in [0, 0.1) is 20.8 Å². The number of aryl methyl sites for hydroxylation is 2. The summed E-state index contributed by atoms with van der Waals surface area (Å²) in [4.78, 5) is 14.8. The lowest BCUT2D eigenvalue weighted by atomic mass is 9.99. The van der Waals surface area contributed by atoms with Crippen LogP contribution in [-0.4, -0.2) is 22.7 Å². The van der Waals surface area contributed by atoms with Crippen LogP contribution in [0.25, 0.3) is 0 Å². The average molecular weight is 303 g/mol. The maximum atomic E-state index is 10.7. The predicted octanol–water partition coefficient (Wildman–Crippen LogP) is 3.24. The summed E-state index contributed by atoms with van der Waals surface area (Å²) in [5.41, 5.74) is 4.11. The van der Waals surface area contributed by atoms with Crippen LogP contribution < -0.4 is 4.74 Å². The third-order valence-electron chi connectivity index (χ3n) is 3.90. The fourth-order valence-electron chi connectivity index (χ4n) is 2.35. The van der Waals surface area contributed by atoms with Gasteiger partial charge in [0.1, 0.15) is 11.5 Å². The van der Waals surface area contributed by atoms with E-state index >= 15 is 0 Å². The van der Waals surface area contributed by atoms with Gasteiger partial charge in [0.25, 0.3) is 0 Å². The van der Waals surface area contributed by atoms with E-state index in [1.54, 1.807) is 0 Å². The van der Waals surface area contributed by atoms with Crippen LogP contribution in [0.5, 0.6) is 5.75 Å². The molecule has 0 fully saturated rings. The lowest BCUT2D eigenvalue weighted by Crippen LogP contribution is -2.06. The van der Waals surface area contributed by atoms with Crippen molar-refractivity contribution in [1.29, 1.82) is 0 Å². The normalized spacial score (nSPS) is 10.7. The first-order valence-electron chi connectivity index (χ1n) is 7.31. The number of hydrogen-bond donors (Lipinski definition) is 1. The molecule has 5 heteroatoms. The second-order valence-corrected chi connectivity index (χ2v) is 5.32. The van der Waals surface area contributed by atoms with Gasteiger partial charge in [0.15, 0.2) is 6.39 Å². The van der Waals surface area contributed by atoms with Gasteiger partial charge < -0.3 is 14.3 Å². The van der Waals surface area contributed by atoms with E-state index in [-0.39, 0.29) is 6.42 Å². The summed E-state index contributed by atoms with van der Waals surface area (Å²) in [5.74, 6) is 0.874. The summed E-state index contributed by atoms with van der Waals surface area (Å²) in [6, 6.07) is 3.86. The van der Waals surface area contributed by atoms with Crippen LogP contribution in [0.1, 0.15) is 34.6 Å². The van der Waals surface area contributed by atoms with Crippen LogP contribution in [0.15, 0.2) is 22.9 Å². The quantitative estimate of drug-likeness (QED) is 0.850. The van der Waals surface area contributed by atoms with Crippen LogP contribution in [0.3, 0.4) is 0 Å². The highest BCUT2D eigenvalue weighted by Gasteiger charge is 2.10. The van der Waals surface area contributed by atoms with Gasteiger partial charge in [0, 0.05) is 12.8 Å². The maximum absolute atomic E-state index is 10.7. The van der Waals surface area contributed by atoms with E-state index in [2.05, 4.69) is 4.98 Å². The Balaban J connectivity index is 1.98. The number of carbonyl (C=O) groups is 1. The van der Waals surface area contributed by atoms with E-state index in [9.17, 15) is 4.79 Å². The van der Waals surface area contributed by atoms with Gasteiger partial charge >= 0.3 is 5.97 Å². The highest BCUT2D eigenvalue weighted by Crippen LogP contribution is 2.25. The highest BCUT2D eigenvalue weighted by molar-refractivity contribution is 5.67. The Morgan fingerprint density at radius 3 is 2.64 bits per heavy atom. The second-order valence-electron chi connectivity index (χ2n) is 5.32. The first-order valence-corrected chi connectivity index (χ1v) is 7.31. The molecule has 0 bridgehead atoms.